The van der Waals surface area contributed by atoms with Gasteiger partial charge >= 0.3 is 0 Å². The first-order chi connectivity index (χ1) is 12.9. The summed E-state index contributed by atoms with van der Waals surface area (Å²) in [6.45, 7) is 2.28. The molecule has 4 N–H and O–H groups in total. The normalized spacial score (nSPS) is 13.4. The molecule has 0 spiro atoms. The number of hydrogen-bond donors (Lipinski definition) is 4. The molecule has 142 valence electrons. The zero-order valence-corrected chi connectivity index (χ0v) is 15.5. The van der Waals surface area contributed by atoms with Gasteiger partial charge in [-0.3, -0.25) is 10.1 Å². The predicted octanol–water partition coefficient (Wildman–Crippen LogP) is 2.33. The van der Waals surface area contributed by atoms with E-state index in [1.165, 1.54) is 6.07 Å². The zero-order chi connectivity index (χ0) is 19.4. The lowest BCUT2D eigenvalue weighted by molar-refractivity contribution is 0.0252. The molecule has 1 heterocycles. The van der Waals surface area contributed by atoms with Crippen molar-refractivity contribution in [3.63, 3.8) is 0 Å². The Balaban J connectivity index is 1.65. The van der Waals surface area contributed by atoms with Crippen LogP contribution in [0.15, 0.2) is 53.3 Å². The van der Waals surface area contributed by atoms with Crippen LogP contribution in [0.2, 0.25) is 0 Å². The van der Waals surface area contributed by atoms with Crippen LogP contribution in [0.1, 0.15) is 18.1 Å². The number of pyridine rings is 1. The lowest BCUT2D eigenvalue weighted by Gasteiger charge is -2.25. The molecule has 0 bridgehead atoms. The number of H-pyrrole nitrogens is 1. The van der Waals surface area contributed by atoms with E-state index in [-0.39, 0.29) is 11.3 Å². The van der Waals surface area contributed by atoms with Crippen LogP contribution in [0.4, 0.5) is 0 Å². The molecular formula is C21H24N2O4. The largest absolute Gasteiger partial charge is 0.506 e. The summed E-state index contributed by atoms with van der Waals surface area (Å²) in [5.74, 6) is 0.828. The molecule has 0 saturated heterocycles. The number of phenols is 1. The third-order valence-electron chi connectivity index (χ3n) is 4.57. The van der Waals surface area contributed by atoms with E-state index in [0.717, 1.165) is 22.3 Å². The van der Waals surface area contributed by atoms with Crippen molar-refractivity contribution in [3.05, 3.63) is 70.0 Å². The van der Waals surface area contributed by atoms with E-state index < -0.39 is 5.72 Å². The SMILES string of the molecule is COc1ccc(C[C@@](C)(O)NCCc2ccc(O)c3[nH]c(=O)ccc23)cc1. The lowest BCUT2D eigenvalue weighted by Crippen LogP contribution is -2.45. The summed E-state index contributed by atoms with van der Waals surface area (Å²) in [6.07, 6.45) is 1.10. The summed E-state index contributed by atoms with van der Waals surface area (Å²) < 4.78 is 5.15. The number of ether oxygens (including phenoxy) is 1. The quantitative estimate of drug-likeness (QED) is 0.480. The molecule has 0 amide bonds. The van der Waals surface area contributed by atoms with Gasteiger partial charge in [-0.2, -0.15) is 0 Å². The predicted molar refractivity (Wildman–Crippen MR) is 105 cm³/mol. The smallest absolute Gasteiger partial charge is 0.248 e. The molecule has 0 unspecified atom stereocenters. The van der Waals surface area contributed by atoms with E-state index in [1.807, 2.05) is 30.3 Å². The highest BCUT2D eigenvalue weighted by atomic mass is 16.5. The molecule has 1 aromatic heterocycles. The second-order valence-electron chi connectivity index (χ2n) is 6.83. The maximum absolute atomic E-state index is 11.5. The minimum atomic E-state index is -1.06. The van der Waals surface area contributed by atoms with Gasteiger partial charge in [-0.15, -0.1) is 0 Å². The monoisotopic (exact) mass is 368 g/mol. The third kappa shape index (κ3) is 4.67. The molecule has 6 nitrogen and oxygen atoms in total. The number of rotatable bonds is 7. The van der Waals surface area contributed by atoms with Crippen LogP contribution < -0.4 is 15.6 Å². The number of aromatic amines is 1. The maximum Gasteiger partial charge on any atom is 0.248 e. The topological polar surface area (TPSA) is 94.6 Å². The van der Waals surface area contributed by atoms with Crippen LogP contribution in [-0.4, -0.2) is 34.6 Å². The van der Waals surface area contributed by atoms with Gasteiger partial charge in [-0.25, -0.2) is 0 Å². The zero-order valence-electron chi connectivity index (χ0n) is 15.5. The number of phenolic OH excluding ortho intramolecular Hbond substituents is 1. The van der Waals surface area contributed by atoms with Gasteiger partial charge in [0.05, 0.1) is 12.6 Å². The van der Waals surface area contributed by atoms with Gasteiger partial charge in [-0.1, -0.05) is 18.2 Å². The van der Waals surface area contributed by atoms with Crippen molar-refractivity contribution >= 4 is 10.9 Å². The Hall–Kier alpha value is -2.83. The fourth-order valence-electron chi connectivity index (χ4n) is 3.18. The summed E-state index contributed by atoms with van der Waals surface area (Å²) in [5, 5.41) is 24.5. The number of fused-ring (bicyclic) bond motifs is 1. The van der Waals surface area contributed by atoms with Gasteiger partial charge in [0.25, 0.3) is 0 Å². The number of methoxy groups -OCH3 is 1. The molecule has 1 atom stereocenters. The molecule has 2 aromatic carbocycles. The fourth-order valence-corrected chi connectivity index (χ4v) is 3.18. The number of aromatic nitrogens is 1. The number of aliphatic hydroxyl groups is 1. The van der Waals surface area contributed by atoms with Crippen LogP contribution in [0.25, 0.3) is 10.9 Å². The average Bonchev–Trinajstić information content (AvgIpc) is 2.64. The van der Waals surface area contributed by atoms with E-state index in [1.54, 1.807) is 26.2 Å². The second kappa shape index (κ2) is 7.82. The molecule has 6 heteroatoms. The molecule has 0 fully saturated rings. The highest BCUT2D eigenvalue weighted by Crippen LogP contribution is 2.25. The van der Waals surface area contributed by atoms with E-state index in [9.17, 15) is 15.0 Å². The highest BCUT2D eigenvalue weighted by Gasteiger charge is 2.20. The Labute approximate surface area is 157 Å². The average molecular weight is 368 g/mol. The molecule has 3 aromatic rings. The fraction of sp³-hybridized carbons (Fsp3) is 0.286. The third-order valence-corrected chi connectivity index (χ3v) is 4.57. The van der Waals surface area contributed by atoms with Crippen molar-refractivity contribution in [1.82, 2.24) is 10.3 Å². The van der Waals surface area contributed by atoms with Crippen molar-refractivity contribution in [1.29, 1.82) is 0 Å². The van der Waals surface area contributed by atoms with E-state index in [4.69, 9.17) is 4.74 Å². The van der Waals surface area contributed by atoms with E-state index >= 15 is 0 Å². The Morgan fingerprint density at radius 2 is 1.85 bits per heavy atom. The van der Waals surface area contributed by atoms with Gasteiger partial charge in [0, 0.05) is 24.4 Å². The molecule has 0 aliphatic rings. The van der Waals surface area contributed by atoms with Gasteiger partial charge < -0.3 is 19.9 Å². The number of aromatic hydroxyl groups is 1. The lowest BCUT2D eigenvalue weighted by atomic mass is 10.0. The Kier molecular flexibility index (Phi) is 5.48. The summed E-state index contributed by atoms with van der Waals surface area (Å²) in [6, 6.07) is 14.2. The maximum atomic E-state index is 11.5. The van der Waals surface area contributed by atoms with Crippen LogP contribution in [-0.2, 0) is 12.8 Å². The summed E-state index contributed by atoms with van der Waals surface area (Å²) >= 11 is 0. The van der Waals surface area contributed by atoms with Gasteiger partial charge in [0.15, 0.2) is 0 Å². The van der Waals surface area contributed by atoms with Crippen LogP contribution in [0.3, 0.4) is 0 Å². The molecule has 0 aliphatic heterocycles. The van der Waals surface area contributed by atoms with Crippen LogP contribution in [0.5, 0.6) is 11.5 Å². The number of benzene rings is 2. The van der Waals surface area contributed by atoms with Crippen molar-refractivity contribution in [2.45, 2.75) is 25.5 Å². The first-order valence-corrected chi connectivity index (χ1v) is 8.82. The minimum absolute atomic E-state index is 0.0471. The molecular weight excluding hydrogens is 344 g/mol. The molecule has 27 heavy (non-hydrogen) atoms. The van der Waals surface area contributed by atoms with E-state index in [2.05, 4.69) is 10.3 Å². The Morgan fingerprint density at radius 1 is 1.11 bits per heavy atom. The number of nitrogens with one attached hydrogen (secondary N) is 2. The molecule has 0 aliphatic carbocycles. The van der Waals surface area contributed by atoms with Crippen LogP contribution >= 0.6 is 0 Å². The minimum Gasteiger partial charge on any atom is -0.506 e. The molecule has 0 saturated carbocycles. The summed E-state index contributed by atoms with van der Waals surface area (Å²) in [5.41, 5.74) is 1.10. The Bertz CT molecular complexity index is 978. The van der Waals surface area contributed by atoms with Crippen LogP contribution in [0, 0.1) is 0 Å². The number of hydrogen-bond acceptors (Lipinski definition) is 5. The first-order valence-electron chi connectivity index (χ1n) is 8.82. The second-order valence-corrected chi connectivity index (χ2v) is 6.83. The van der Waals surface area contributed by atoms with Crippen molar-refractivity contribution in [3.8, 4) is 11.5 Å². The van der Waals surface area contributed by atoms with Gasteiger partial charge in [0.1, 0.15) is 17.2 Å². The summed E-state index contributed by atoms with van der Waals surface area (Å²) in [7, 11) is 1.62. The van der Waals surface area contributed by atoms with E-state index in [0.29, 0.717) is 24.9 Å². The van der Waals surface area contributed by atoms with Crippen molar-refractivity contribution in [2.75, 3.05) is 13.7 Å². The van der Waals surface area contributed by atoms with Crippen molar-refractivity contribution < 1.29 is 14.9 Å². The van der Waals surface area contributed by atoms with Gasteiger partial charge in [0.2, 0.25) is 5.56 Å². The molecule has 0 radical (unpaired) electrons. The highest BCUT2D eigenvalue weighted by molar-refractivity contribution is 5.87. The van der Waals surface area contributed by atoms with Gasteiger partial charge in [-0.05, 0) is 48.7 Å². The standard InChI is InChI=1S/C21H24N2O4/c1-21(26,13-14-3-6-16(27-2)7-4-14)22-12-11-15-5-9-18(24)20-17(15)8-10-19(25)23-20/h3-10,22,24,26H,11-13H2,1-2H3,(H,23,25)/t21-/m1/s1. The first kappa shape index (κ1) is 18.9. The molecule has 3 rings (SSSR count). The Morgan fingerprint density at radius 3 is 2.56 bits per heavy atom. The summed E-state index contributed by atoms with van der Waals surface area (Å²) in [4.78, 5) is 14.1. The van der Waals surface area contributed by atoms with Crippen molar-refractivity contribution in [2.24, 2.45) is 0 Å².